The zero-order chi connectivity index (χ0) is 14.7. The van der Waals surface area contributed by atoms with Crippen LogP contribution in [0.1, 0.15) is 44.1 Å². The van der Waals surface area contributed by atoms with E-state index in [2.05, 4.69) is 6.92 Å². The van der Waals surface area contributed by atoms with Gasteiger partial charge in [-0.2, -0.15) is 0 Å². The Balaban J connectivity index is 2.19. The number of halogens is 2. The van der Waals surface area contributed by atoms with E-state index >= 15 is 0 Å². The first kappa shape index (κ1) is 15.7. The molecule has 0 spiro atoms. The molecule has 2 atom stereocenters. The van der Waals surface area contributed by atoms with Crippen molar-refractivity contribution >= 4 is 11.6 Å². The molecule has 20 heavy (non-hydrogen) atoms. The van der Waals surface area contributed by atoms with Crippen LogP contribution >= 0.6 is 11.6 Å². The van der Waals surface area contributed by atoms with E-state index < -0.39 is 12.0 Å². The normalized spacial score (nSPS) is 26.2. The standard InChI is InChI=1S/C16H23ClFNO/c1-10-5-7-11(8-6-10)16(20)12(9-19)15-13(17)3-2-4-14(15)18/h2-4,10-12,16,20H,5-9,19H2,1H3. The molecule has 3 N–H and O–H groups in total. The lowest BCUT2D eigenvalue weighted by Crippen LogP contribution is -2.35. The number of nitrogens with two attached hydrogens (primary N) is 1. The number of aliphatic hydroxyl groups excluding tert-OH is 1. The van der Waals surface area contributed by atoms with Crippen molar-refractivity contribution in [3.05, 3.63) is 34.6 Å². The summed E-state index contributed by atoms with van der Waals surface area (Å²) in [6.07, 6.45) is 3.56. The van der Waals surface area contributed by atoms with Gasteiger partial charge in [0.2, 0.25) is 0 Å². The molecule has 1 saturated carbocycles. The molecule has 2 rings (SSSR count). The minimum absolute atomic E-state index is 0.190. The maximum atomic E-state index is 14.0. The minimum atomic E-state index is -0.623. The largest absolute Gasteiger partial charge is 0.392 e. The van der Waals surface area contributed by atoms with Crippen molar-refractivity contribution in [1.29, 1.82) is 0 Å². The Morgan fingerprint density at radius 3 is 2.55 bits per heavy atom. The molecule has 2 unspecified atom stereocenters. The second-order valence-electron chi connectivity index (χ2n) is 5.99. The van der Waals surface area contributed by atoms with Crippen LogP contribution in [0.3, 0.4) is 0 Å². The molecule has 4 heteroatoms. The summed E-state index contributed by atoms with van der Waals surface area (Å²) in [6, 6.07) is 4.60. The van der Waals surface area contributed by atoms with Crippen LogP contribution in [0, 0.1) is 17.7 Å². The summed E-state index contributed by atoms with van der Waals surface area (Å²) < 4.78 is 14.0. The summed E-state index contributed by atoms with van der Waals surface area (Å²) in [6.45, 7) is 2.44. The van der Waals surface area contributed by atoms with Gasteiger partial charge in [0.25, 0.3) is 0 Å². The Morgan fingerprint density at radius 2 is 2.00 bits per heavy atom. The van der Waals surface area contributed by atoms with Crippen molar-refractivity contribution < 1.29 is 9.50 Å². The van der Waals surface area contributed by atoms with E-state index in [-0.39, 0.29) is 18.3 Å². The van der Waals surface area contributed by atoms with Gasteiger partial charge in [0, 0.05) is 23.0 Å². The molecule has 0 heterocycles. The Morgan fingerprint density at radius 1 is 1.35 bits per heavy atom. The monoisotopic (exact) mass is 299 g/mol. The zero-order valence-electron chi connectivity index (χ0n) is 11.9. The predicted octanol–water partition coefficient (Wildman–Crippen LogP) is 3.71. The van der Waals surface area contributed by atoms with Crippen LogP contribution in [0.15, 0.2) is 18.2 Å². The molecule has 0 bridgehead atoms. The van der Waals surface area contributed by atoms with Gasteiger partial charge in [0.15, 0.2) is 0 Å². The van der Waals surface area contributed by atoms with E-state index in [0.717, 1.165) is 25.7 Å². The van der Waals surface area contributed by atoms with Crippen LogP contribution in [0.4, 0.5) is 4.39 Å². The minimum Gasteiger partial charge on any atom is -0.392 e. The Kier molecular flexibility index (Phi) is 5.42. The first-order valence-electron chi connectivity index (χ1n) is 7.36. The topological polar surface area (TPSA) is 46.2 Å². The molecule has 0 radical (unpaired) electrons. The van der Waals surface area contributed by atoms with E-state index in [9.17, 15) is 9.50 Å². The highest BCUT2D eigenvalue weighted by Gasteiger charge is 2.32. The molecule has 1 aromatic rings. The van der Waals surface area contributed by atoms with E-state index in [1.807, 2.05) is 0 Å². The van der Waals surface area contributed by atoms with Crippen LogP contribution in [0.2, 0.25) is 5.02 Å². The molecule has 2 nitrogen and oxygen atoms in total. The molecule has 1 aliphatic carbocycles. The van der Waals surface area contributed by atoms with Crippen LogP contribution in [-0.2, 0) is 0 Å². The quantitative estimate of drug-likeness (QED) is 0.890. The lowest BCUT2D eigenvalue weighted by molar-refractivity contribution is 0.0539. The molecule has 0 aromatic heterocycles. The van der Waals surface area contributed by atoms with Gasteiger partial charge >= 0.3 is 0 Å². The third-order valence-corrected chi connectivity index (χ3v) is 4.91. The van der Waals surface area contributed by atoms with Gasteiger partial charge in [-0.15, -0.1) is 0 Å². The summed E-state index contributed by atoms with van der Waals surface area (Å²) in [4.78, 5) is 0. The highest BCUT2D eigenvalue weighted by molar-refractivity contribution is 6.31. The Bertz CT molecular complexity index is 426. The summed E-state index contributed by atoms with van der Waals surface area (Å²) >= 11 is 6.10. The summed E-state index contributed by atoms with van der Waals surface area (Å²) in [5, 5.41) is 11.0. The van der Waals surface area contributed by atoms with Crippen molar-refractivity contribution in [3.8, 4) is 0 Å². The molecule has 1 aromatic carbocycles. The van der Waals surface area contributed by atoms with Gasteiger partial charge in [-0.05, 0) is 36.8 Å². The van der Waals surface area contributed by atoms with Gasteiger partial charge < -0.3 is 10.8 Å². The van der Waals surface area contributed by atoms with Crippen molar-refractivity contribution in [2.24, 2.45) is 17.6 Å². The van der Waals surface area contributed by atoms with Crippen molar-refractivity contribution in [1.82, 2.24) is 0 Å². The van der Waals surface area contributed by atoms with Gasteiger partial charge in [0.05, 0.1) is 6.10 Å². The lowest BCUT2D eigenvalue weighted by atomic mass is 9.75. The van der Waals surface area contributed by atoms with Gasteiger partial charge in [-0.1, -0.05) is 37.4 Å². The molecular formula is C16H23ClFNO. The van der Waals surface area contributed by atoms with Crippen molar-refractivity contribution in [2.45, 2.75) is 44.6 Å². The fraction of sp³-hybridized carbons (Fsp3) is 0.625. The zero-order valence-corrected chi connectivity index (χ0v) is 12.6. The van der Waals surface area contributed by atoms with E-state index in [0.29, 0.717) is 16.5 Å². The van der Waals surface area contributed by atoms with Crippen LogP contribution in [0.5, 0.6) is 0 Å². The number of aliphatic hydroxyl groups is 1. The van der Waals surface area contributed by atoms with E-state index in [1.165, 1.54) is 6.07 Å². The average molecular weight is 300 g/mol. The van der Waals surface area contributed by atoms with E-state index in [1.54, 1.807) is 12.1 Å². The second-order valence-corrected chi connectivity index (χ2v) is 6.40. The fourth-order valence-electron chi connectivity index (χ4n) is 3.25. The maximum Gasteiger partial charge on any atom is 0.128 e. The van der Waals surface area contributed by atoms with Crippen LogP contribution in [-0.4, -0.2) is 17.8 Å². The lowest BCUT2D eigenvalue weighted by Gasteiger charge is -2.34. The summed E-state index contributed by atoms with van der Waals surface area (Å²) in [5.74, 6) is 0.0977. The van der Waals surface area contributed by atoms with Gasteiger partial charge in [-0.3, -0.25) is 0 Å². The fourth-order valence-corrected chi connectivity index (χ4v) is 3.55. The maximum absolute atomic E-state index is 14.0. The number of benzene rings is 1. The number of rotatable bonds is 4. The van der Waals surface area contributed by atoms with Crippen LogP contribution < -0.4 is 5.73 Å². The highest BCUT2D eigenvalue weighted by atomic mass is 35.5. The number of hydrogen-bond donors (Lipinski definition) is 2. The molecule has 0 saturated heterocycles. The molecule has 0 amide bonds. The predicted molar refractivity (Wildman–Crippen MR) is 80.3 cm³/mol. The Labute approximate surface area is 125 Å². The van der Waals surface area contributed by atoms with Gasteiger partial charge in [0.1, 0.15) is 5.82 Å². The number of hydrogen-bond acceptors (Lipinski definition) is 2. The SMILES string of the molecule is CC1CCC(C(O)C(CN)c2c(F)cccc2Cl)CC1. The third kappa shape index (κ3) is 3.33. The second kappa shape index (κ2) is 6.88. The van der Waals surface area contributed by atoms with Crippen molar-refractivity contribution in [3.63, 3.8) is 0 Å². The van der Waals surface area contributed by atoms with Crippen LogP contribution in [0.25, 0.3) is 0 Å². The summed E-state index contributed by atoms with van der Waals surface area (Å²) in [7, 11) is 0. The molecule has 0 aliphatic heterocycles. The smallest absolute Gasteiger partial charge is 0.128 e. The first-order chi connectivity index (χ1) is 9.54. The average Bonchev–Trinajstić information content (AvgIpc) is 2.43. The summed E-state index contributed by atoms with van der Waals surface area (Å²) in [5.41, 5.74) is 6.16. The first-order valence-corrected chi connectivity index (χ1v) is 7.74. The molecular weight excluding hydrogens is 277 g/mol. The van der Waals surface area contributed by atoms with Gasteiger partial charge in [-0.25, -0.2) is 4.39 Å². The van der Waals surface area contributed by atoms with E-state index in [4.69, 9.17) is 17.3 Å². The highest BCUT2D eigenvalue weighted by Crippen LogP contribution is 2.37. The molecule has 112 valence electrons. The van der Waals surface area contributed by atoms with Crippen molar-refractivity contribution in [2.75, 3.05) is 6.54 Å². The molecule has 1 aliphatic rings. The molecule has 1 fully saturated rings. The Hall–Kier alpha value is -0.640. The third-order valence-electron chi connectivity index (χ3n) is 4.58.